The van der Waals surface area contributed by atoms with Crippen molar-refractivity contribution in [3.63, 3.8) is 0 Å². The second-order valence-electron chi connectivity index (χ2n) is 5.58. The van der Waals surface area contributed by atoms with Crippen molar-refractivity contribution >= 4 is 0 Å². The fourth-order valence-electron chi connectivity index (χ4n) is 2.76. The number of hydrogen-bond acceptors (Lipinski definition) is 4. The number of aromatic nitrogens is 3. The minimum absolute atomic E-state index is 0.806. The molecule has 0 aliphatic carbocycles. The van der Waals surface area contributed by atoms with E-state index in [0.717, 1.165) is 52.7 Å². The Morgan fingerprint density at radius 2 is 1.91 bits per heavy atom. The lowest BCUT2D eigenvalue weighted by Crippen LogP contribution is -2.00. The molecule has 0 amide bonds. The Hall–Kier alpha value is -2.56. The molecule has 0 N–H and O–H groups in total. The Morgan fingerprint density at radius 1 is 1.17 bits per heavy atom. The van der Waals surface area contributed by atoms with E-state index in [0.29, 0.717) is 0 Å². The number of nitrogens with zero attached hydrogens (tertiary/aromatic N) is 3. The highest BCUT2D eigenvalue weighted by molar-refractivity contribution is 5.66. The van der Waals surface area contributed by atoms with Gasteiger partial charge in [0.15, 0.2) is 0 Å². The maximum atomic E-state index is 5.34. The number of benzene rings is 1. The smallest absolute Gasteiger partial charge is 0.143 e. The molecule has 2 aromatic heterocycles. The summed E-state index contributed by atoms with van der Waals surface area (Å²) in [7, 11) is 1.66. The van der Waals surface area contributed by atoms with Gasteiger partial charge in [-0.3, -0.25) is 0 Å². The fourth-order valence-corrected chi connectivity index (χ4v) is 2.76. The molecule has 0 atom stereocenters. The number of aryl methyl sites for hydroxylation is 3. The van der Waals surface area contributed by atoms with Crippen molar-refractivity contribution in [2.24, 2.45) is 0 Å². The SMILES string of the molecule is CCCc1cc(-c2c(C)noc2C)n(-c2ccc(OC)cc2)n1. The fraction of sp³-hybridized carbons (Fsp3) is 0.333. The highest BCUT2D eigenvalue weighted by atomic mass is 16.5. The Bertz CT molecular complexity index is 781. The summed E-state index contributed by atoms with van der Waals surface area (Å²) >= 11 is 0. The van der Waals surface area contributed by atoms with Crippen LogP contribution >= 0.6 is 0 Å². The molecule has 120 valence electrons. The van der Waals surface area contributed by atoms with Gasteiger partial charge in [-0.1, -0.05) is 18.5 Å². The van der Waals surface area contributed by atoms with Crippen molar-refractivity contribution in [3.05, 3.63) is 47.5 Å². The number of ether oxygens (including phenoxy) is 1. The van der Waals surface area contributed by atoms with E-state index >= 15 is 0 Å². The molecule has 0 spiro atoms. The van der Waals surface area contributed by atoms with Crippen molar-refractivity contribution in [2.75, 3.05) is 7.11 Å². The monoisotopic (exact) mass is 311 g/mol. The normalized spacial score (nSPS) is 11.0. The van der Waals surface area contributed by atoms with E-state index in [9.17, 15) is 0 Å². The zero-order chi connectivity index (χ0) is 16.4. The molecule has 0 saturated carbocycles. The zero-order valence-corrected chi connectivity index (χ0v) is 14.0. The molecule has 5 heteroatoms. The van der Waals surface area contributed by atoms with Gasteiger partial charge < -0.3 is 9.26 Å². The maximum absolute atomic E-state index is 5.34. The lowest BCUT2D eigenvalue weighted by molar-refractivity contribution is 0.393. The van der Waals surface area contributed by atoms with Crippen molar-refractivity contribution in [2.45, 2.75) is 33.6 Å². The first-order valence-electron chi connectivity index (χ1n) is 7.80. The quantitative estimate of drug-likeness (QED) is 0.711. The molecule has 1 aromatic carbocycles. The van der Waals surface area contributed by atoms with Gasteiger partial charge in [0.1, 0.15) is 11.5 Å². The first kappa shape index (κ1) is 15.3. The Labute approximate surface area is 135 Å². The van der Waals surface area contributed by atoms with Crippen LogP contribution in [0.4, 0.5) is 0 Å². The van der Waals surface area contributed by atoms with Crippen molar-refractivity contribution < 1.29 is 9.26 Å². The molecule has 0 fully saturated rings. The first-order valence-corrected chi connectivity index (χ1v) is 7.80. The third-order valence-corrected chi connectivity index (χ3v) is 3.87. The largest absolute Gasteiger partial charge is 0.497 e. The van der Waals surface area contributed by atoms with Gasteiger partial charge in [0, 0.05) is 0 Å². The van der Waals surface area contributed by atoms with Gasteiger partial charge in [0.05, 0.1) is 35.4 Å². The molecule has 3 rings (SSSR count). The van der Waals surface area contributed by atoms with Crippen LogP contribution in [0.15, 0.2) is 34.9 Å². The number of methoxy groups -OCH3 is 1. The van der Waals surface area contributed by atoms with Gasteiger partial charge in [0.2, 0.25) is 0 Å². The first-order chi connectivity index (χ1) is 11.1. The van der Waals surface area contributed by atoms with Crippen molar-refractivity contribution in [1.82, 2.24) is 14.9 Å². The van der Waals surface area contributed by atoms with Gasteiger partial charge >= 0.3 is 0 Å². The van der Waals surface area contributed by atoms with Gasteiger partial charge in [0.25, 0.3) is 0 Å². The van der Waals surface area contributed by atoms with Crippen LogP contribution in [0, 0.1) is 13.8 Å². The zero-order valence-electron chi connectivity index (χ0n) is 14.0. The lowest BCUT2D eigenvalue weighted by atomic mass is 10.1. The minimum Gasteiger partial charge on any atom is -0.497 e. The van der Waals surface area contributed by atoms with E-state index in [1.54, 1.807) is 7.11 Å². The van der Waals surface area contributed by atoms with Crippen LogP contribution in [-0.4, -0.2) is 22.0 Å². The highest BCUT2D eigenvalue weighted by Gasteiger charge is 2.18. The van der Waals surface area contributed by atoms with Crippen LogP contribution in [0.3, 0.4) is 0 Å². The second kappa shape index (κ2) is 6.28. The molecule has 3 aromatic rings. The Kier molecular flexibility index (Phi) is 4.19. The van der Waals surface area contributed by atoms with Crippen LogP contribution in [0.2, 0.25) is 0 Å². The highest BCUT2D eigenvalue weighted by Crippen LogP contribution is 2.30. The molecule has 0 bridgehead atoms. The maximum Gasteiger partial charge on any atom is 0.143 e. The van der Waals surface area contributed by atoms with Gasteiger partial charge in [-0.05, 0) is 50.6 Å². The van der Waals surface area contributed by atoms with E-state index in [4.69, 9.17) is 14.4 Å². The molecule has 5 nitrogen and oxygen atoms in total. The van der Waals surface area contributed by atoms with E-state index < -0.39 is 0 Å². The third kappa shape index (κ3) is 2.86. The predicted molar refractivity (Wildman–Crippen MR) is 89.1 cm³/mol. The molecule has 0 saturated heterocycles. The minimum atomic E-state index is 0.806. The Balaban J connectivity index is 2.14. The number of rotatable bonds is 5. The average molecular weight is 311 g/mol. The van der Waals surface area contributed by atoms with Crippen LogP contribution < -0.4 is 4.74 Å². The molecule has 2 heterocycles. The lowest BCUT2D eigenvalue weighted by Gasteiger charge is -2.08. The number of hydrogen-bond donors (Lipinski definition) is 0. The summed E-state index contributed by atoms with van der Waals surface area (Å²) in [6.45, 7) is 6.04. The summed E-state index contributed by atoms with van der Waals surface area (Å²) in [6, 6.07) is 10.0. The van der Waals surface area contributed by atoms with Gasteiger partial charge in [-0.2, -0.15) is 5.10 Å². The predicted octanol–water partition coefficient (Wildman–Crippen LogP) is 4.11. The third-order valence-electron chi connectivity index (χ3n) is 3.87. The van der Waals surface area contributed by atoms with Crippen molar-refractivity contribution in [3.8, 4) is 22.7 Å². The standard InChI is InChI=1S/C18H21N3O2/c1-5-6-14-11-17(18-12(2)20-23-13(18)3)21(19-14)15-7-9-16(22-4)10-8-15/h7-11H,5-6H2,1-4H3. The summed E-state index contributed by atoms with van der Waals surface area (Å²) in [6.07, 6.45) is 2.00. The van der Waals surface area contributed by atoms with Gasteiger partial charge in [-0.15, -0.1) is 0 Å². The summed E-state index contributed by atoms with van der Waals surface area (Å²) in [5, 5.41) is 8.84. The molecule has 0 aliphatic rings. The van der Waals surface area contributed by atoms with E-state index in [2.05, 4.69) is 18.1 Å². The Morgan fingerprint density at radius 3 is 2.48 bits per heavy atom. The van der Waals surface area contributed by atoms with Crippen LogP contribution in [0.25, 0.3) is 16.9 Å². The molecule has 0 unspecified atom stereocenters. The van der Waals surface area contributed by atoms with Crippen LogP contribution in [-0.2, 0) is 6.42 Å². The molecule has 0 radical (unpaired) electrons. The van der Waals surface area contributed by atoms with Gasteiger partial charge in [-0.25, -0.2) is 4.68 Å². The molecular weight excluding hydrogens is 290 g/mol. The van der Waals surface area contributed by atoms with Crippen LogP contribution in [0.5, 0.6) is 5.75 Å². The summed E-state index contributed by atoms with van der Waals surface area (Å²) in [5.41, 5.74) is 4.95. The molecule has 0 aliphatic heterocycles. The van der Waals surface area contributed by atoms with Crippen molar-refractivity contribution in [1.29, 1.82) is 0 Å². The van der Waals surface area contributed by atoms with E-state index in [1.807, 2.05) is 42.8 Å². The molecular formula is C18H21N3O2. The van der Waals surface area contributed by atoms with E-state index in [-0.39, 0.29) is 0 Å². The topological polar surface area (TPSA) is 53.1 Å². The summed E-state index contributed by atoms with van der Waals surface area (Å²) < 4.78 is 12.5. The van der Waals surface area contributed by atoms with E-state index in [1.165, 1.54) is 0 Å². The average Bonchev–Trinajstić information content (AvgIpc) is 3.11. The summed E-state index contributed by atoms with van der Waals surface area (Å²) in [5.74, 6) is 1.63. The second-order valence-corrected chi connectivity index (χ2v) is 5.58. The molecule has 23 heavy (non-hydrogen) atoms. The van der Waals surface area contributed by atoms with Crippen LogP contribution in [0.1, 0.15) is 30.5 Å². The summed E-state index contributed by atoms with van der Waals surface area (Å²) in [4.78, 5) is 0.